The molecule has 0 aromatic heterocycles. The Morgan fingerprint density at radius 2 is 2.21 bits per heavy atom. The molecule has 0 aromatic carbocycles. The quantitative estimate of drug-likeness (QED) is 0.640. The Morgan fingerprint density at radius 1 is 1.71 bits per heavy atom. The maximum Gasteiger partial charge on any atom is 0.337 e. The SMILES string of the molecule is CC1(Br)C=C(C(=O)O)C(N)=C(O)C1Br. The largest absolute Gasteiger partial charge is 0.509 e. The highest BCUT2D eigenvalue weighted by molar-refractivity contribution is 9.12. The average Bonchev–Trinajstić information content (AvgIpc) is 2.08. The van der Waals surface area contributed by atoms with E-state index in [0.29, 0.717) is 0 Å². The van der Waals surface area contributed by atoms with Gasteiger partial charge in [-0.1, -0.05) is 31.9 Å². The Hall–Kier alpha value is -0.490. The van der Waals surface area contributed by atoms with Crippen LogP contribution in [0.15, 0.2) is 23.1 Å². The summed E-state index contributed by atoms with van der Waals surface area (Å²) in [5.41, 5.74) is 5.28. The van der Waals surface area contributed by atoms with Crippen LogP contribution in [0.1, 0.15) is 6.92 Å². The van der Waals surface area contributed by atoms with Gasteiger partial charge in [0.1, 0.15) is 5.76 Å². The van der Waals surface area contributed by atoms with E-state index >= 15 is 0 Å². The highest BCUT2D eigenvalue weighted by Crippen LogP contribution is 2.39. The van der Waals surface area contributed by atoms with Crippen molar-refractivity contribution in [2.24, 2.45) is 5.73 Å². The van der Waals surface area contributed by atoms with Crippen molar-refractivity contribution in [3.8, 4) is 0 Å². The van der Waals surface area contributed by atoms with Crippen molar-refractivity contribution in [3.63, 3.8) is 0 Å². The summed E-state index contributed by atoms with van der Waals surface area (Å²) in [4.78, 5) is 10.3. The van der Waals surface area contributed by atoms with Crippen LogP contribution in [0.3, 0.4) is 0 Å². The van der Waals surface area contributed by atoms with Crippen LogP contribution in [0.4, 0.5) is 0 Å². The van der Waals surface area contributed by atoms with Crippen molar-refractivity contribution in [3.05, 3.63) is 23.1 Å². The van der Waals surface area contributed by atoms with Gasteiger partial charge in [0.25, 0.3) is 0 Å². The number of carbonyl (C=O) groups is 1. The second-order valence-corrected chi connectivity index (χ2v) is 5.80. The lowest BCUT2D eigenvalue weighted by molar-refractivity contribution is -0.132. The predicted octanol–water partition coefficient (Wildman–Crippen LogP) is 1.66. The van der Waals surface area contributed by atoms with Crippen molar-refractivity contribution < 1.29 is 15.0 Å². The fraction of sp³-hybridized carbons (Fsp3) is 0.375. The molecule has 2 unspecified atom stereocenters. The Labute approximate surface area is 97.7 Å². The van der Waals surface area contributed by atoms with Crippen LogP contribution in [0, 0.1) is 0 Å². The van der Waals surface area contributed by atoms with Crippen molar-refractivity contribution in [2.45, 2.75) is 16.1 Å². The highest BCUT2D eigenvalue weighted by atomic mass is 79.9. The monoisotopic (exact) mass is 325 g/mol. The molecule has 1 aliphatic carbocycles. The minimum Gasteiger partial charge on any atom is -0.509 e. The van der Waals surface area contributed by atoms with Gasteiger partial charge in [-0.3, -0.25) is 0 Å². The number of allylic oxidation sites excluding steroid dienone is 2. The van der Waals surface area contributed by atoms with Crippen molar-refractivity contribution in [1.82, 2.24) is 0 Å². The van der Waals surface area contributed by atoms with Crippen LogP contribution in [0.2, 0.25) is 0 Å². The molecular formula is C8H9Br2NO3. The number of carboxylic acids is 1. The minimum atomic E-state index is -1.15. The Morgan fingerprint density at radius 3 is 2.64 bits per heavy atom. The van der Waals surface area contributed by atoms with Crippen LogP contribution in [-0.4, -0.2) is 25.3 Å². The van der Waals surface area contributed by atoms with E-state index in [4.69, 9.17) is 10.8 Å². The number of hydrogen-bond acceptors (Lipinski definition) is 3. The second kappa shape index (κ2) is 3.58. The van der Waals surface area contributed by atoms with E-state index < -0.39 is 15.1 Å². The molecule has 0 heterocycles. The fourth-order valence-electron chi connectivity index (χ4n) is 1.15. The lowest BCUT2D eigenvalue weighted by Crippen LogP contribution is -2.35. The fourth-order valence-corrected chi connectivity index (χ4v) is 1.98. The van der Waals surface area contributed by atoms with Gasteiger partial charge < -0.3 is 15.9 Å². The van der Waals surface area contributed by atoms with Gasteiger partial charge in [-0.05, 0) is 13.0 Å². The molecule has 0 aliphatic heterocycles. The highest BCUT2D eigenvalue weighted by Gasteiger charge is 2.38. The standard InChI is InChI=1S/C8H9Br2NO3/c1-8(10)2-3(7(13)14)4(11)5(12)6(8)9/h2,6,12H,11H2,1H3,(H,13,14). The first kappa shape index (κ1) is 11.6. The maximum atomic E-state index is 10.8. The number of nitrogens with two attached hydrogens (primary N) is 1. The number of carboxylic acid groups (broad SMARTS) is 1. The van der Waals surface area contributed by atoms with E-state index in [0.717, 1.165) is 0 Å². The zero-order chi connectivity index (χ0) is 11.1. The van der Waals surface area contributed by atoms with Crippen LogP contribution in [0.5, 0.6) is 0 Å². The van der Waals surface area contributed by atoms with Crippen molar-refractivity contribution in [2.75, 3.05) is 0 Å². The number of alkyl halides is 2. The molecule has 2 atom stereocenters. The summed E-state index contributed by atoms with van der Waals surface area (Å²) in [6.07, 6.45) is 1.46. The summed E-state index contributed by atoms with van der Waals surface area (Å²) in [6, 6.07) is 0. The second-order valence-electron chi connectivity index (χ2n) is 3.18. The van der Waals surface area contributed by atoms with Gasteiger partial charge in [0.2, 0.25) is 0 Å². The third-order valence-electron chi connectivity index (χ3n) is 1.96. The van der Waals surface area contributed by atoms with E-state index in [1.54, 1.807) is 6.92 Å². The first-order valence-corrected chi connectivity index (χ1v) is 5.46. The topological polar surface area (TPSA) is 83.5 Å². The van der Waals surface area contributed by atoms with Crippen LogP contribution < -0.4 is 5.73 Å². The number of rotatable bonds is 1. The third-order valence-corrected chi connectivity index (χ3v) is 4.64. The van der Waals surface area contributed by atoms with Gasteiger partial charge in [0, 0.05) is 0 Å². The van der Waals surface area contributed by atoms with Gasteiger partial charge in [-0.25, -0.2) is 4.79 Å². The van der Waals surface area contributed by atoms with E-state index in [2.05, 4.69) is 31.9 Å². The molecule has 4 N–H and O–H groups in total. The van der Waals surface area contributed by atoms with Gasteiger partial charge in [-0.15, -0.1) is 0 Å². The summed E-state index contributed by atoms with van der Waals surface area (Å²) in [6.45, 7) is 1.73. The Bertz CT molecular complexity index is 346. The molecular weight excluding hydrogens is 318 g/mol. The summed E-state index contributed by atoms with van der Waals surface area (Å²) in [7, 11) is 0. The molecule has 0 radical (unpaired) electrons. The smallest absolute Gasteiger partial charge is 0.337 e. The maximum absolute atomic E-state index is 10.8. The summed E-state index contributed by atoms with van der Waals surface area (Å²) in [5, 5.41) is 18.4. The van der Waals surface area contributed by atoms with Crippen LogP contribution >= 0.6 is 31.9 Å². The molecule has 0 saturated carbocycles. The molecule has 78 valence electrons. The number of aliphatic hydroxyl groups excluding tert-OH is 1. The van der Waals surface area contributed by atoms with Crippen molar-refractivity contribution >= 4 is 37.8 Å². The van der Waals surface area contributed by atoms with Crippen molar-refractivity contribution in [1.29, 1.82) is 0 Å². The summed E-state index contributed by atoms with van der Waals surface area (Å²) < 4.78 is -0.659. The summed E-state index contributed by atoms with van der Waals surface area (Å²) in [5.74, 6) is -1.32. The van der Waals surface area contributed by atoms with E-state index in [-0.39, 0.29) is 17.0 Å². The van der Waals surface area contributed by atoms with Gasteiger partial charge >= 0.3 is 5.97 Å². The van der Waals surface area contributed by atoms with E-state index in [1.807, 2.05) is 0 Å². The molecule has 14 heavy (non-hydrogen) atoms. The number of hydrogen-bond donors (Lipinski definition) is 3. The normalized spacial score (nSPS) is 32.8. The Balaban J connectivity index is 3.27. The van der Waals surface area contributed by atoms with Crippen LogP contribution in [-0.2, 0) is 4.79 Å². The third kappa shape index (κ3) is 1.81. The van der Waals surface area contributed by atoms with E-state index in [1.165, 1.54) is 6.08 Å². The molecule has 0 amide bonds. The Kier molecular flexibility index (Phi) is 2.96. The minimum absolute atomic E-state index is 0.0856. The average molecular weight is 327 g/mol. The molecule has 4 nitrogen and oxygen atoms in total. The molecule has 0 aromatic rings. The number of halogens is 2. The number of aliphatic carboxylic acids is 1. The molecule has 0 saturated heterocycles. The van der Waals surface area contributed by atoms with Crippen LogP contribution in [0.25, 0.3) is 0 Å². The predicted molar refractivity (Wildman–Crippen MR) is 59.6 cm³/mol. The van der Waals surface area contributed by atoms with Gasteiger partial charge in [0.15, 0.2) is 0 Å². The lowest BCUT2D eigenvalue weighted by Gasteiger charge is -2.30. The molecule has 0 bridgehead atoms. The lowest BCUT2D eigenvalue weighted by atomic mass is 9.94. The molecule has 1 rings (SSSR count). The molecule has 1 aliphatic rings. The molecule has 6 heteroatoms. The molecule has 0 spiro atoms. The van der Waals surface area contributed by atoms with E-state index in [9.17, 15) is 9.90 Å². The first-order chi connectivity index (χ1) is 6.27. The summed E-state index contributed by atoms with van der Waals surface area (Å²) >= 11 is 6.52. The zero-order valence-corrected chi connectivity index (χ0v) is 10.5. The molecule has 0 fully saturated rings. The number of aliphatic hydroxyl groups is 1. The van der Waals surface area contributed by atoms with Gasteiger partial charge in [-0.2, -0.15) is 0 Å². The zero-order valence-electron chi connectivity index (χ0n) is 7.29. The van der Waals surface area contributed by atoms with Gasteiger partial charge in [0.05, 0.1) is 20.4 Å². The first-order valence-electron chi connectivity index (χ1n) is 3.75.